The Morgan fingerprint density at radius 1 is 1.15 bits per heavy atom. The summed E-state index contributed by atoms with van der Waals surface area (Å²) in [6.07, 6.45) is 9.91. The summed E-state index contributed by atoms with van der Waals surface area (Å²) < 4.78 is 0. The zero-order valence-corrected chi connectivity index (χ0v) is 13.0. The van der Waals surface area contributed by atoms with Crippen LogP contribution in [0.15, 0.2) is 18.2 Å². The molecule has 1 aliphatic heterocycles. The molecule has 3 atom stereocenters. The minimum absolute atomic E-state index is 0.521. The fourth-order valence-electron chi connectivity index (χ4n) is 5.58. The number of nitrogens with zero attached hydrogens (tertiary/aromatic N) is 1. The maximum absolute atomic E-state index is 2.68. The highest BCUT2D eigenvalue weighted by Gasteiger charge is 2.51. The van der Waals surface area contributed by atoms with Crippen LogP contribution in [0.2, 0.25) is 0 Å². The molecule has 1 heteroatoms. The lowest BCUT2D eigenvalue weighted by atomic mass is 9.54. The molecule has 0 unspecified atom stereocenters. The van der Waals surface area contributed by atoms with Gasteiger partial charge >= 0.3 is 0 Å². The molecule has 1 nitrogen and oxygen atoms in total. The number of hydrogen-bond acceptors (Lipinski definition) is 1. The molecule has 0 spiro atoms. The molecular formula is C19H27N. The van der Waals surface area contributed by atoms with Crippen LogP contribution in [0, 0.1) is 12.8 Å². The van der Waals surface area contributed by atoms with Gasteiger partial charge in [0, 0.05) is 6.04 Å². The predicted molar refractivity (Wildman–Crippen MR) is 84.2 cm³/mol. The van der Waals surface area contributed by atoms with Crippen LogP contribution in [0.5, 0.6) is 0 Å². The summed E-state index contributed by atoms with van der Waals surface area (Å²) in [7, 11) is 2.37. The third-order valence-corrected chi connectivity index (χ3v) is 6.49. The standard InChI is InChI=1S/C19H27N/c1-14-7-8-15-13-18-16-6-3-4-9-19(16,17(15)12-14)10-5-11-20(18)2/h7-8,12,16,18H,3-6,9-11,13H2,1-2H3/t16-,18-,19-/m1/s1. The van der Waals surface area contributed by atoms with E-state index in [-0.39, 0.29) is 0 Å². The summed E-state index contributed by atoms with van der Waals surface area (Å²) in [6, 6.07) is 8.09. The fraction of sp³-hybridized carbons (Fsp3) is 0.684. The minimum Gasteiger partial charge on any atom is -0.303 e. The van der Waals surface area contributed by atoms with Gasteiger partial charge in [0.15, 0.2) is 0 Å². The van der Waals surface area contributed by atoms with Gasteiger partial charge in [-0.15, -0.1) is 0 Å². The third kappa shape index (κ3) is 1.72. The topological polar surface area (TPSA) is 3.24 Å². The van der Waals surface area contributed by atoms with E-state index in [1.807, 2.05) is 0 Å². The quantitative estimate of drug-likeness (QED) is 0.686. The van der Waals surface area contributed by atoms with E-state index < -0.39 is 0 Å². The van der Waals surface area contributed by atoms with Gasteiger partial charge in [0.2, 0.25) is 0 Å². The summed E-state index contributed by atoms with van der Waals surface area (Å²) in [6.45, 7) is 3.57. The van der Waals surface area contributed by atoms with Crippen LogP contribution in [0.4, 0.5) is 0 Å². The Hall–Kier alpha value is -0.820. The number of likely N-dealkylation sites (tertiary alicyclic amines) is 1. The van der Waals surface area contributed by atoms with E-state index in [0.717, 1.165) is 12.0 Å². The summed E-state index contributed by atoms with van der Waals surface area (Å²) in [5.41, 5.74) is 5.38. The normalized spacial score (nSPS) is 36.9. The van der Waals surface area contributed by atoms with Crippen molar-refractivity contribution >= 4 is 0 Å². The third-order valence-electron chi connectivity index (χ3n) is 6.49. The Kier molecular flexibility index (Phi) is 2.96. The summed E-state index contributed by atoms with van der Waals surface area (Å²) >= 11 is 0. The highest BCUT2D eigenvalue weighted by molar-refractivity contribution is 5.42. The lowest BCUT2D eigenvalue weighted by molar-refractivity contribution is 0.0820. The average molecular weight is 269 g/mol. The van der Waals surface area contributed by atoms with Crippen molar-refractivity contribution in [1.29, 1.82) is 0 Å². The first-order valence-corrected chi connectivity index (χ1v) is 8.51. The van der Waals surface area contributed by atoms with Gasteiger partial charge in [-0.1, -0.05) is 36.6 Å². The molecule has 2 fully saturated rings. The second kappa shape index (κ2) is 4.59. The largest absolute Gasteiger partial charge is 0.303 e. The van der Waals surface area contributed by atoms with Gasteiger partial charge in [-0.05, 0) is 75.1 Å². The van der Waals surface area contributed by atoms with Crippen LogP contribution in [0.1, 0.15) is 55.2 Å². The SMILES string of the molecule is Cc1ccc2c(c1)[C@@]13CCCC[C@@H]1[C@@H](C2)N(C)CCC3. The molecule has 1 saturated heterocycles. The van der Waals surface area contributed by atoms with Gasteiger partial charge in [0.25, 0.3) is 0 Å². The zero-order valence-electron chi connectivity index (χ0n) is 13.0. The number of aryl methyl sites for hydroxylation is 1. The molecule has 1 heterocycles. The molecule has 20 heavy (non-hydrogen) atoms. The molecule has 1 saturated carbocycles. The predicted octanol–water partition coefficient (Wildman–Crippen LogP) is 4.07. The summed E-state index contributed by atoms with van der Waals surface area (Å²) in [4.78, 5) is 2.68. The number of likely N-dealkylation sites (N-methyl/N-ethyl adjacent to an activating group) is 1. The van der Waals surface area contributed by atoms with E-state index in [2.05, 4.69) is 37.1 Å². The van der Waals surface area contributed by atoms with Crippen molar-refractivity contribution in [2.45, 2.75) is 63.3 Å². The molecule has 4 rings (SSSR count). The van der Waals surface area contributed by atoms with E-state index in [4.69, 9.17) is 0 Å². The van der Waals surface area contributed by atoms with Gasteiger partial charge in [-0.3, -0.25) is 0 Å². The van der Waals surface area contributed by atoms with E-state index in [1.54, 1.807) is 11.1 Å². The van der Waals surface area contributed by atoms with Crippen molar-refractivity contribution in [1.82, 2.24) is 4.90 Å². The molecular weight excluding hydrogens is 242 g/mol. The van der Waals surface area contributed by atoms with Gasteiger partial charge in [-0.2, -0.15) is 0 Å². The molecule has 1 aromatic carbocycles. The van der Waals surface area contributed by atoms with Gasteiger partial charge < -0.3 is 4.90 Å². The first kappa shape index (κ1) is 12.9. The van der Waals surface area contributed by atoms with Crippen LogP contribution in [0.3, 0.4) is 0 Å². The Bertz CT molecular complexity index is 520. The molecule has 0 radical (unpaired) electrons. The van der Waals surface area contributed by atoms with E-state index >= 15 is 0 Å². The van der Waals surface area contributed by atoms with Crippen molar-refractivity contribution in [3.8, 4) is 0 Å². The van der Waals surface area contributed by atoms with Crippen molar-refractivity contribution < 1.29 is 0 Å². The first-order chi connectivity index (χ1) is 9.71. The molecule has 3 aliphatic rings. The number of rotatable bonds is 0. The summed E-state index contributed by atoms with van der Waals surface area (Å²) in [5, 5.41) is 0. The molecule has 2 bridgehead atoms. The maximum atomic E-state index is 2.68. The Morgan fingerprint density at radius 3 is 2.90 bits per heavy atom. The highest BCUT2D eigenvalue weighted by Crippen LogP contribution is 2.55. The van der Waals surface area contributed by atoms with Crippen molar-refractivity contribution in [2.75, 3.05) is 13.6 Å². The highest BCUT2D eigenvalue weighted by atomic mass is 15.1. The van der Waals surface area contributed by atoms with Gasteiger partial charge in [-0.25, -0.2) is 0 Å². The summed E-state index contributed by atoms with van der Waals surface area (Å²) in [5.74, 6) is 0.915. The average Bonchev–Trinajstić information content (AvgIpc) is 2.56. The van der Waals surface area contributed by atoms with E-state index in [9.17, 15) is 0 Å². The van der Waals surface area contributed by atoms with Crippen LogP contribution in [-0.2, 0) is 11.8 Å². The monoisotopic (exact) mass is 269 g/mol. The first-order valence-electron chi connectivity index (χ1n) is 8.51. The Balaban J connectivity index is 1.91. The molecule has 0 N–H and O–H groups in total. The Morgan fingerprint density at radius 2 is 2.00 bits per heavy atom. The molecule has 2 aliphatic carbocycles. The lowest BCUT2D eigenvalue weighted by Crippen LogP contribution is -2.52. The van der Waals surface area contributed by atoms with Crippen LogP contribution < -0.4 is 0 Å². The number of benzene rings is 1. The van der Waals surface area contributed by atoms with Crippen molar-refractivity contribution in [3.63, 3.8) is 0 Å². The van der Waals surface area contributed by atoms with Crippen molar-refractivity contribution in [3.05, 3.63) is 34.9 Å². The van der Waals surface area contributed by atoms with Gasteiger partial charge in [0.1, 0.15) is 0 Å². The number of hydrogen-bond donors (Lipinski definition) is 0. The Labute approximate surface area is 123 Å². The second-order valence-electron chi connectivity index (χ2n) is 7.52. The smallest absolute Gasteiger partial charge is 0.0169 e. The van der Waals surface area contributed by atoms with Crippen LogP contribution in [-0.4, -0.2) is 24.5 Å². The van der Waals surface area contributed by atoms with Crippen molar-refractivity contribution in [2.24, 2.45) is 5.92 Å². The number of fused-ring (bicyclic) bond motifs is 1. The molecule has 0 aromatic heterocycles. The molecule has 108 valence electrons. The van der Waals surface area contributed by atoms with E-state index in [0.29, 0.717) is 5.41 Å². The lowest BCUT2D eigenvalue weighted by Gasteiger charge is -2.52. The minimum atomic E-state index is 0.521. The van der Waals surface area contributed by atoms with Crippen LogP contribution >= 0.6 is 0 Å². The zero-order chi connectivity index (χ0) is 13.7. The van der Waals surface area contributed by atoms with E-state index in [1.165, 1.54) is 57.1 Å². The maximum Gasteiger partial charge on any atom is 0.0169 e. The molecule has 0 amide bonds. The second-order valence-corrected chi connectivity index (χ2v) is 7.52. The van der Waals surface area contributed by atoms with Crippen LogP contribution in [0.25, 0.3) is 0 Å². The fourth-order valence-corrected chi connectivity index (χ4v) is 5.58. The molecule has 1 aromatic rings. The van der Waals surface area contributed by atoms with Gasteiger partial charge in [0.05, 0.1) is 0 Å².